The predicted octanol–water partition coefficient (Wildman–Crippen LogP) is 5.24. The number of hydrogen-bond donors (Lipinski definition) is 5. The minimum absolute atomic E-state index is 0.0374. The number of carbonyl (C=O) groups excluding carboxylic acids is 4. The van der Waals surface area contributed by atoms with Crippen LogP contribution in [0.25, 0.3) is 0 Å². The second-order valence-electron chi connectivity index (χ2n) is 11.4. The lowest BCUT2D eigenvalue weighted by Crippen LogP contribution is -2.49. The van der Waals surface area contributed by atoms with Crippen LogP contribution in [0.4, 0.5) is 36.4 Å². The number of rotatable bonds is 13. The first-order valence-electron chi connectivity index (χ1n) is 15.2. The molecular formula is C33H29Cl2F3N8O5. The van der Waals surface area contributed by atoms with Gasteiger partial charge in [-0.3, -0.25) is 19.2 Å². The van der Waals surface area contributed by atoms with Gasteiger partial charge in [0.1, 0.15) is 6.04 Å². The van der Waals surface area contributed by atoms with E-state index in [2.05, 4.69) is 41.5 Å². The van der Waals surface area contributed by atoms with E-state index in [1.54, 1.807) is 30.3 Å². The Kier molecular flexibility index (Phi) is 11.3. The fourth-order valence-electron chi connectivity index (χ4n) is 4.72. The molecule has 1 fully saturated rings. The number of aromatic nitrogens is 3. The van der Waals surface area contributed by atoms with E-state index in [0.29, 0.717) is 29.2 Å². The number of benzene rings is 3. The molecule has 5 rings (SSSR count). The maximum Gasteiger partial charge on any atom is 0.422 e. The van der Waals surface area contributed by atoms with Crippen LogP contribution < -0.4 is 31.3 Å². The summed E-state index contributed by atoms with van der Waals surface area (Å²) in [6, 6.07) is 17.6. The number of ether oxygens (including phenoxy) is 1. The molecule has 266 valence electrons. The number of anilines is 4. The van der Waals surface area contributed by atoms with Crippen LogP contribution >= 0.6 is 23.2 Å². The Morgan fingerprint density at radius 1 is 0.902 bits per heavy atom. The molecular weight excluding hydrogens is 716 g/mol. The molecule has 4 aromatic rings. The molecule has 5 N–H and O–H groups in total. The molecule has 1 aliphatic rings. The van der Waals surface area contributed by atoms with Gasteiger partial charge in [0.25, 0.3) is 5.91 Å². The molecule has 0 unspecified atom stereocenters. The number of hydrogen-bond acceptors (Lipinski definition) is 10. The average Bonchev–Trinajstić information content (AvgIpc) is 3.85. The van der Waals surface area contributed by atoms with E-state index < -0.39 is 59.9 Å². The SMILES string of the molecule is Cc1cccc(NC(=O)C(=O)NC[C@H](NC(=O)c2ccc(Nc3nc(NC4(c5ccc(Cl)cc5)CC4)nc(OCC(F)(F)F)n3)cc2)C(=O)Cl)c1. The van der Waals surface area contributed by atoms with Crippen LogP contribution in [0, 0.1) is 6.92 Å². The van der Waals surface area contributed by atoms with Crippen molar-refractivity contribution in [1.29, 1.82) is 0 Å². The van der Waals surface area contributed by atoms with Gasteiger partial charge in [-0.1, -0.05) is 35.9 Å². The molecule has 0 saturated heterocycles. The molecule has 18 heteroatoms. The van der Waals surface area contributed by atoms with Crippen LogP contribution in [-0.4, -0.2) is 63.3 Å². The molecule has 0 bridgehead atoms. The number of aryl methyl sites for hydroxylation is 1. The highest BCUT2D eigenvalue weighted by atomic mass is 35.5. The normalized spacial score (nSPS) is 13.7. The second kappa shape index (κ2) is 15.6. The highest BCUT2D eigenvalue weighted by Crippen LogP contribution is 2.48. The third kappa shape index (κ3) is 10.5. The van der Waals surface area contributed by atoms with Gasteiger partial charge < -0.3 is 31.3 Å². The quantitative estimate of drug-likeness (QED) is 0.0900. The fraction of sp³-hybridized carbons (Fsp3) is 0.242. The van der Waals surface area contributed by atoms with Gasteiger partial charge in [-0.25, -0.2) is 0 Å². The Hall–Kier alpha value is -5.48. The summed E-state index contributed by atoms with van der Waals surface area (Å²) in [4.78, 5) is 61.7. The molecule has 1 aromatic heterocycles. The van der Waals surface area contributed by atoms with Crippen LogP contribution in [0.3, 0.4) is 0 Å². The van der Waals surface area contributed by atoms with Crippen molar-refractivity contribution in [2.75, 3.05) is 29.1 Å². The van der Waals surface area contributed by atoms with Gasteiger partial charge in [-0.2, -0.15) is 28.1 Å². The summed E-state index contributed by atoms with van der Waals surface area (Å²) >= 11 is 11.7. The van der Waals surface area contributed by atoms with E-state index in [0.717, 1.165) is 11.1 Å². The van der Waals surface area contributed by atoms with Gasteiger partial charge in [0.15, 0.2) is 6.61 Å². The monoisotopic (exact) mass is 744 g/mol. The van der Waals surface area contributed by atoms with Crippen molar-refractivity contribution in [1.82, 2.24) is 25.6 Å². The Morgan fingerprint density at radius 2 is 1.59 bits per heavy atom. The number of amides is 3. The zero-order valence-electron chi connectivity index (χ0n) is 26.6. The number of halogens is 5. The molecule has 13 nitrogen and oxygen atoms in total. The van der Waals surface area contributed by atoms with E-state index >= 15 is 0 Å². The molecule has 1 saturated carbocycles. The van der Waals surface area contributed by atoms with Crippen LogP contribution in [0.15, 0.2) is 72.8 Å². The van der Waals surface area contributed by atoms with Crippen LogP contribution in [-0.2, 0) is 19.9 Å². The summed E-state index contributed by atoms with van der Waals surface area (Å²) in [6.07, 6.45) is -3.23. The van der Waals surface area contributed by atoms with Crippen molar-refractivity contribution in [2.45, 2.75) is 37.5 Å². The molecule has 0 aliphatic heterocycles. The summed E-state index contributed by atoms with van der Waals surface area (Å²) in [5.41, 5.74) is 2.01. The van der Waals surface area contributed by atoms with Gasteiger partial charge in [0.2, 0.25) is 17.1 Å². The third-order valence-corrected chi connectivity index (χ3v) is 7.92. The van der Waals surface area contributed by atoms with E-state index in [4.69, 9.17) is 27.9 Å². The van der Waals surface area contributed by atoms with Crippen LogP contribution in [0.2, 0.25) is 5.02 Å². The largest absolute Gasteiger partial charge is 0.454 e. The molecule has 1 aliphatic carbocycles. The Labute approximate surface area is 298 Å². The van der Waals surface area contributed by atoms with E-state index in [9.17, 15) is 32.3 Å². The predicted molar refractivity (Wildman–Crippen MR) is 182 cm³/mol. The molecule has 51 heavy (non-hydrogen) atoms. The molecule has 1 atom stereocenters. The Bertz CT molecular complexity index is 1930. The molecule has 1 heterocycles. The van der Waals surface area contributed by atoms with Crippen molar-refractivity contribution in [3.05, 3.63) is 94.5 Å². The van der Waals surface area contributed by atoms with Crippen LogP contribution in [0.1, 0.15) is 34.3 Å². The standard InChI is InChI=1S/C33H29Cl2F3N8O5/c1-18-3-2-4-23(15-18)40-28(50)27(49)39-16-24(25(35)47)42-26(48)19-5-11-22(12-6-19)41-29-43-30(45-31(44-29)51-17-33(36,37)38)46-32(13-14-32)20-7-9-21(34)10-8-20/h2-12,15,24H,13-14,16-17H2,1H3,(H,39,49)(H,40,50)(H,42,48)(H2,41,43,44,45,46)/t24-/m0/s1. The zero-order valence-corrected chi connectivity index (χ0v) is 28.1. The van der Waals surface area contributed by atoms with Crippen molar-refractivity contribution in [3.8, 4) is 6.01 Å². The number of alkyl halides is 3. The first kappa shape index (κ1) is 36.8. The summed E-state index contributed by atoms with van der Waals surface area (Å²) in [7, 11) is 0. The Morgan fingerprint density at radius 3 is 2.22 bits per heavy atom. The summed E-state index contributed by atoms with van der Waals surface area (Å²) < 4.78 is 43.5. The van der Waals surface area contributed by atoms with Gasteiger partial charge >= 0.3 is 24.0 Å². The minimum Gasteiger partial charge on any atom is -0.454 e. The van der Waals surface area contributed by atoms with Gasteiger partial charge in [0, 0.05) is 28.5 Å². The van der Waals surface area contributed by atoms with Gasteiger partial charge in [-0.05, 0) is 91.0 Å². The lowest BCUT2D eigenvalue weighted by molar-refractivity contribution is -0.154. The topological polar surface area (TPSA) is 176 Å². The summed E-state index contributed by atoms with van der Waals surface area (Å²) in [5.74, 6) is -2.95. The van der Waals surface area contributed by atoms with Crippen LogP contribution in [0.5, 0.6) is 6.01 Å². The fourth-order valence-corrected chi connectivity index (χ4v) is 4.98. The highest BCUT2D eigenvalue weighted by Gasteiger charge is 2.45. The molecule has 3 amide bonds. The second-order valence-corrected chi connectivity index (χ2v) is 12.3. The van der Waals surface area contributed by atoms with Crippen molar-refractivity contribution in [3.63, 3.8) is 0 Å². The Balaban J connectivity index is 1.22. The summed E-state index contributed by atoms with van der Waals surface area (Å²) in [6.45, 7) is -0.286. The number of nitrogens with one attached hydrogen (secondary N) is 5. The minimum atomic E-state index is -4.64. The van der Waals surface area contributed by atoms with Crippen molar-refractivity contribution < 1.29 is 37.1 Å². The average molecular weight is 746 g/mol. The lowest BCUT2D eigenvalue weighted by atomic mass is 10.1. The molecule has 3 aromatic carbocycles. The van der Waals surface area contributed by atoms with Crippen molar-refractivity contribution in [2.24, 2.45) is 0 Å². The first-order valence-corrected chi connectivity index (χ1v) is 16.0. The van der Waals surface area contributed by atoms with Gasteiger partial charge in [0.05, 0.1) is 5.54 Å². The highest BCUT2D eigenvalue weighted by molar-refractivity contribution is 6.65. The zero-order chi connectivity index (χ0) is 36.8. The van der Waals surface area contributed by atoms with E-state index in [1.165, 1.54) is 24.3 Å². The third-order valence-electron chi connectivity index (χ3n) is 7.41. The van der Waals surface area contributed by atoms with Crippen molar-refractivity contribution >= 4 is 69.4 Å². The lowest BCUT2D eigenvalue weighted by Gasteiger charge is -2.19. The van der Waals surface area contributed by atoms with E-state index in [1.807, 2.05) is 25.1 Å². The summed E-state index contributed by atoms with van der Waals surface area (Å²) in [5, 5.41) is 12.7. The smallest absolute Gasteiger partial charge is 0.422 e. The number of carbonyl (C=O) groups is 4. The maximum absolute atomic E-state index is 12.9. The maximum atomic E-state index is 12.9. The molecule has 0 radical (unpaired) electrons. The molecule has 0 spiro atoms. The van der Waals surface area contributed by atoms with E-state index in [-0.39, 0.29) is 17.5 Å². The number of nitrogens with zero attached hydrogens (tertiary/aromatic N) is 3. The first-order chi connectivity index (χ1) is 24.2. The van der Waals surface area contributed by atoms with Gasteiger partial charge in [-0.15, -0.1) is 0 Å².